The number of methoxy groups -OCH3 is 1. The lowest BCUT2D eigenvalue weighted by atomic mass is 10.3. The van der Waals surface area contributed by atoms with Crippen molar-refractivity contribution < 1.29 is 19.1 Å². The Kier molecular flexibility index (Phi) is 3.63. The average Bonchev–Trinajstić information content (AvgIpc) is 2.78. The van der Waals surface area contributed by atoms with Gasteiger partial charge in [-0.15, -0.1) is 0 Å². The molecule has 18 heavy (non-hydrogen) atoms. The van der Waals surface area contributed by atoms with Gasteiger partial charge in [-0.2, -0.15) is 0 Å². The zero-order valence-electron chi connectivity index (χ0n) is 10.0. The van der Waals surface area contributed by atoms with Gasteiger partial charge in [-0.05, 0) is 27.2 Å². The first-order chi connectivity index (χ1) is 8.69. The molecule has 0 spiro atoms. The average molecular weight is 265 g/mol. The molecule has 0 fully saturated rings. The SMILES string of the molecule is CCOC(=O)c1pc(C(=O)OC)n2ccccc12. The minimum atomic E-state index is -0.451. The van der Waals surface area contributed by atoms with Crippen molar-refractivity contribution in [3.05, 3.63) is 35.1 Å². The molecule has 0 bridgehead atoms. The van der Waals surface area contributed by atoms with Crippen LogP contribution in [-0.4, -0.2) is 30.1 Å². The predicted octanol–water partition coefficient (Wildman–Crippen LogP) is 2.48. The van der Waals surface area contributed by atoms with Crippen molar-refractivity contribution in [1.29, 1.82) is 0 Å². The molecule has 0 saturated heterocycles. The molecule has 0 aromatic carbocycles. The fourth-order valence-corrected chi connectivity index (χ4v) is 2.75. The van der Waals surface area contributed by atoms with E-state index in [-0.39, 0.29) is 0 Å². The van der Waals surface area contributed by atoms with Gasteiger partial charge in [0.15, 0.2) is 5.43 Å². The van der Waals surface area contributed by atoms with Gasteiger partial charge in [0, 0.05) is 6.20 Å². The van der Waals surface area contributed by atoms with Crippen LogP contribution in [0.4, 0.5) is 0 Å². The van der Waals surface area contributed by atoms with Crippen molar-refractivity contribution in [2.24, 2.45) is 0 Å². The van der Waals surface area contributed by atoms with E-state index in [1.165, 1.54) is 7.11 Å². The molecule has 0 N–H and O–H groups in total. The number of hydrogen-bond donors (Lipinski definition) is 0. The third-order valence-corrected chi connectivity index (χ3v) is 3.63. The van der Waals surface area contributed by atoms with E-state index in [0.29, 0.717) is 31.0 Å². The minimum absolute atomic E-state index is 0.304. The van der Waals surface area contributed by atoms with E-state index in [1.807, 2.05) is 0 Å². The first-order valence-corrected chi connectivity index (χ1v) is 6.31. The van der Waals surface area contributed by atoms with Gasteiger partial charge in [-0.25, -0.2) is 9.59 Å². The number of pyridine rings is 1. The lowest BCUT2D eigenvalue weighted by molar-refractivity contribution is 0.0533. The van der Waals surface area contributed by atoms with Crippen LogP contribution in [0.25, 0.3) is 5.52 Å². The lowest BCUT2D eigenvalue weighted by Crippen LogP contribution is -2.03. The van der Waals surface area contributed by atoms with Crippen LogP contribution in [0.5, 0.6) is 0 Å². The monoisotopic (exact) mass is 265 g/mol. The summed E-state index contributed by atoms with van der Waals surface area (Å²) in [6.45, 7) is 2.05. The third-order valence-electron chi connectivity index (χ3n) is 2.39. The maximum Gasteiger partial charge on any atom is 0.359 e. The number of carbonyl (C=O) groups excluding carboxylic acids is 2. The van der Waals surface area contributed by atoms with E-state index in [9.17, 15) is 9.59 Å². The first-order valence-electron chi connectivity index (χ1n) is 5.41. The second-order valence-corrected chi connectivity index (χ2v) is 4.55. The highest BCUT2D eigenvalue weighted by Gasteiger charge is 2.21. The number of nitrogens with zero attached hydrogens (tertiary/aromatic N) is 1. The van der Waals surface area contributed by atoms with Gasteiger partial charge in [-0.3, -0.25) is 0 Å². The van der Waals surface area contributed by atoms with Crippen LogP contribution in [0.1, 0.15) is 27.2 Å². The molecule has 0 amide bonds. The molecular formula is C12H12NO4P. The highest BCUT2D eigenvalue weighted by atomic mass is 31.0. The van der Waals surface area contributed by atoms with Crippen molar-refractivity contribution in [2.45, 2.75) is 6.92 Å². The molecule has 5 nitrogen and oxygen atoms in total. The zero-order chi connectivity index (χ0) is 13.1. The fraction of sp³-hybridized carbons (Fsp3) is 0.250. The standard InChI is InChI=1S/C12H12NO4P/c1-3-17-11(14)9-8-6-4-5-7-13(8)10(18-9)12(15)16-2/h4-7H,3H2,1-2H3. The van der Waals surface area contributed by atoms with Crippen molar-refractivity contribution in [2.75, 3.05) is 13.7 Å². The minimum Gasteiger partial charge on any atom is -0.464 e. The molecular weight excluding hydrogens is 253 g/mol. The van der Waals surface area contributed by atoms with Gasteiger partial charge in [-0.1, -0.05) is 6.07 Å². The summed E-state index contributed by atoms with van der Waals surface area (Å²) in [4.78, 5) is 23.5. The van der Waals surface area contributed by atoms with Crippen LogP contribution < -0.4 is 0 Å². The quantitative estimate of drug-likeness (QED) is 0.800. The Balaban J connectivity index is 2.61. The van der Waals surface area contributed by atoms with Crippen molar-refractivity contribution >= 4 is 25.6 Å². The molecule has 2 heterocycles. The second kappa shape index (κ2) is 5.19. The molecule has 0 radical (unpaired) electrons. The Morgan fingerprint density at radius 3 is 2.78 bits per heavy atom. The molecule has 0 aliphatic rings. The number of hydrogen-bond acceptors (Lipinski definition) is 4. The number of ether oxygens (including phenoxy) is 2. The van der Waals surface area contributed by atoms with E-state index in [0.717, 1.165) is 0 Å². The summed E-state index contributed by atoms with van der Waals surface area (Å²) in [6.07, 6.45) is 1.72. The highest BCUT2D eigenvalue weighted by molar-refractivity contribution is 7.35. The van der Waals surface area contributed by atoms with Crippen LogP contribution in [0.3, 0.4) is 0 Å². The maximum atomic E-state index is 11.8. The molecule has 94 valence electrons. The van der Waals surface area contributed by atoms with Gasteiger partial charge in [0.25, 0.3) is 0 Å². The van der Waals surface area contributed by atoms with Crippen LogP contribution in [-0.2, 0) is 9.47 Å². The van der Waals surface area contributed by atoms with E-state index in [1.54, 1.807) is 35.7 Å². The van der Waals surface area contributed by atoms with Crippen LogP contribution >= 0.6 is 8.19 Å². The van der Waals surface area contributed by atoms with Gasteiger partial charge in [0.2, 0.25) is 0 Å². The third kappa shape index (κ3) is 2.09. The number of fused-ring (bicyclic) bond motifs is 1. The summed E-state index contributed by atoms with van der Waals surface area (Å²) < 4.78 is 11.3. The topological polar surface area (TPSA) is 57.0 Å². The summed E-state index contributed by atoms with van der Waals surface area (Å²) in [7, 11) is 1.83. The number of esters is 2. The van der Waals surface area contributed by atoms with E-state index in [2.05, 4.69) is 0 Å². The number of carbonyl (C=O) groups is 2. The summed E-state index contributed by atoms with van der Waals surface area (Å²) in [6, 6.07) is 5.37. The van der Waals surface area contributed by atoms with Gasteiger partial charge in [0.05, 0.1) is 19.2 Å². The normalized spacial score (nSPS) is 10.8. The largest absolute Gasteiger partial charge is 0.464 e. The molecule has 0 unspecified atom stereocenters. The van der Waals surface area contributed by atoms with Crippen molar-refractivity contribution in [3.8, 4) is 0 Å². The Labute approximate surface area is 105 Å². The molecule has 2 aromatic heterocycles. The maximum absolute atomic E-state index is 11.8. The summed E-state index contributed by atoms with van der Waals surface area (Å²) >= 11 is 0. The summed E-state index contributed by atoms with van der Waals surface area (Å²) in [5, 5.41) is 0.456. The van der Waals surface area contributed by atoms with Crippen LogP contribution in [0.2, 0.25) is 0 Å². The predicted molar refractivity (Wildman–Crippen MR) is 67.2 cm³/mol. The molecule has 6 heteroatoms. The first kappa shape index (κ1) is 12.6. The number of aromatic nitrogens is 1. The molecule has 0 atom stereocenters. The Morgan fingerprint density at radius 2 is 2.11 bits per heavy atom. The molecule has 0 aliphatic carbocycles. The van der Waals surface area contributed by atoms with Crippen LogP contribution in [0, 0.1) is 0 Å². The molecule has 2 rings (SSSR count). The van der Waals surface area contributed by atoms with Crippen LogP contribution in [0.15, 0.2) is 24.4 Å². The van der Waals surface area contributed by atoms with Gasteiger partial charge in [0.1, 0.15) is 5.30 Å². The van der Waals surface area contributed by atoms with E-state index < -0.39 is 11.9 Å². The smallest absolute Gasteiger partial charge is 0.359 e. The fourth-order valence-electron chi connectivity index (χ4n) is 1.62. The summed E-state index contributed by atoms with van der Waals surface area (Å²) in [5.41, 5.74) is 1.06. The Hall–Kier alpha value is -1.87. The lowest BCUT2D eigenvalue weighted by Gasteiger charge is -2.00. The number of rotatable bonds is 3. The second-order valence-electron chi connectivity index (χ2n) is 3.45. The Morgan fingerprint density at radius 1 is 1.33 bits per heavy atom. The molecule has 0 aliphatic heterocycles. The van der Waals surface area contributed by atoms with Crippen molar-refractivity contribution in [3.63, 3.8) is 0 Å². The summed E-state index contributed by atoms with van der Waals surface area (Å²) in [5.74, 6) is -0.855. The molecule has 2 aromatic rings. The zero-order valence-corrected chi connectivity index (χ0v) is 10.9. The van der Waals surface area contributed by atoms with Gasteiger partial charge >= 0.3 is 11.9 Å². The molecule has 0 saturated carbocycles. The Bertz CT molecular complexity index is 605. The highest BCUT2D eigenvalue weighted by Crippen LogP contribution is 2.29. The van der Waals surface area contributed by atoms with E-state index in [4.69, 9.17) is 9.47 Å². The van der Waals surface area contributed by atoms with Crippen molar-refractivity contribution in [1.82, 2.24) is 4.40 Å². The van der Waals surface area contributed by atoms with E-state index >= 15 is 0 Å². The van der Waals surface area contributed by atoms with Gasteiger partial charge < -0.3 is 13.9 Å².